The lowest BCUT2D eigenvalue weighted by molar-refractivity contribution is -0.141. The minimum absolute atomic E-state index is 0.0294. The van der Waals surface area contributed by atoms with Crippen LogP contribution in [-0.4, -0.2) is 46.5 Å². The number of rotatable bonds is 4. The third-order valence-electron chi connectivity index (χ3n) is 2.44. The Labute approximate surface area is 87.7 Å². The average Bonchev–Trinajstić information content (AvgIpc) is 2.48. The van der Waals surface area contributed by atoms with Crippen LogP contribution in [0.3, 0.4) is 0 Å². The van der Waals surface area contributed by atoms with Crippen LogP contribution >= 0.6 is 11.8 Å². The van der Waals surface area contributed by atoms with Gasteiger partial charge >= 0.3 is 5.97 Å². The molecule has 1 aliphatic heterocycles. The number of aliphatic carboxylic acids is 1. The van der Waals surface area contributed by atoms with E-state index in [1.165, 1.54) is 0 Å². The van der Waals surface area contributed by atoms with Crippen molar-refractivity contribution >= 4 is 23.6 Å². The molecular weight excluding hydrogens is 202 g/mol. The van der Waals surface area contributed by atoms with E-state index in [-0.39, 0.29) is 12.3 Å². The molecule has 1 fully saturated rings. The summed E-state index contributed by atoms with van der Waals surface area (Å²) in [6, 6.07) is 0. The Kier molecular flexibility index (Phi) is 3.80. The van der Waals surface area contributed by atoms with Gasteiger partial charge in [-0.2, -0.15) is 11.8 Å². The molecule has 0 aromatic rings. The first-order chi connectivity index (χ1) is 6.54. The Balaban J connectivity index is 2.48. The zero-order valence-electron chi connectivity index (χ0n) is 8.40. The topological polar surface area (TPSA) is 57.6 Å². The lowest BCUT2D eigenvalue weighted by Gasteiger charge is -2.19. The van der Waals surface area contributed by atoms with Crippen molar-refractivity contribution in [3.63, 3.8) is 0 Å². The lowest BCUT2D eigenvalue weighted by Crippen LogP contribution is -2.31. The maximum absolute atomic E-state index is 11.4. The molecule has 5 heteroatoms. The summed E-state index contributed by atoms with van der Waals surface area (Å²) in [7, 11) is 0. The molecule has 1 saturated heterocycles. The molecule has 4 nitrogen and oxygen atoms in total. The number of nitrogens with zero attached hydrogens (tertiary/aromatic N) is 1. The number of carbonyl (C=O) groups is 2. The summed E-state index contributed by atoms with van der Waals surface area (Å²) >= 11 is 1.68. The number of hydrogen-bond acceptors (Lipinski definition) is 3. The van der Waals surface area contributed by atoms with Crippen molar-refractivity contribution in [3.05, 3.63) is 0 Å². The van der Waals surface area contributed by atoms with E-state index in [1.54, 1.807) is 16.7 Å². The molecule has 14 heavy (non-hydrogen) atoms. The first-order valence-corrected chi connectivity index (χ1v) is 5.86. The molecular formula is C9H15NO3S. The fraction of sp³-hybridized carbons (Fsp3) is 0.778. The Bertz CT molecular complexity index is 244. The van der Waals surface area contributed by atoms with Gasteiger partial charge in [0, 0.05) is 24.8 Å². The minimum Gasteiger partial charge on any atom is -0.481 e. The molecule has 0 aliphatic carbocycles. The van der Waals surface area contributed by atoms with E-state index >= 15 is 0 Å². The second kappa shape index (κ2) is 4.68. The van der Waals surface area contributed by atoms with Crippen LogP contribution in [0.2, 0.25) is 0 Å². The van der Waals surface area contributed by atoms with Crippen LogP contribution in [0.15, 0.2) is 0 Å². The third kappa shape index (κ3) is 2.64. The van der Waals surface area contributed by atoms with Gasteiger partial charge in [0.1, 0.15) is 0 Å². The van der Waals surface area contributed by atoms with Gasteiger partial charge < -0.3 is 10.0 Å². The number of hydrogen-bond donors (Lipinski definition) is 1. The zero-order valence-corrected chi connectivity index (χ0v) is 9.21. The van der Waals surface area contributed by atoms with Gasteiger partial charge in [-0.15, -0.1) is 0 Å². The highest BCUT2D eigenvalue weighted by Gasteiger charge is 2.34. The quantitative estimate of drug-likeness (QED) is 0.752. The molecule has 0 aromatic carbocycles. The molecule has 2 unspecified atom stereocenters. The molecule has 1 heterocycles. The SMILES string of the molecule is CSC(C)CN1CC(C(=O)O)CC1=O. The monoisotopic (exact) mass is 217 g/mol. The number of carboxylic acids is 1. The molecule has 0 radical (unpaired) electrons. The van der Waals surface area contributed by atoms with Crippen LogP contribution in [0.5, 0.6) is 0 Å². The molecule has 0 saturated carbocycles. The van der Waals surface area contributed by atoms with E-state index in [0.29, 0.717) is 18.3 Å². The van der Waals surface area contributed by atoms with Crippen molar-refractivity contribution in [1.82, 2.24) is 4.90 Å². The van der Waals surface area contributed by atoms with Gasteiger partial charge in [-0.25, -0.2) is 0 Å². The molecule has 0 aromatic heterocycles. The van der Waals surface area contributed by atoms with Crippen LogP contribution in [-0.2, 0) is 9.59 Å². The highest BCUT2D eigenvalue weighted by molar-refractivity contribution is 7.99. The van der Waals surface area contributed by atoms with Crippen molar-refractivity contribution < 1.29 is 14.7 Å². The predicted molar refractivity (Wildman–Crippen MR) is 55.3 cm³/mol. The summed E-state index contributed by atoms with van der Waals surface area (Å²) in [5.74, 6) is -1.40. The molecule has 0 bridgehead atoms. The molecule has 1 amide bonds. The van der Waals surface area contributed by atoms with E-state index in [2.05, 4.69) is 0 Å². The number of amides is 1. The van der Waals surface area contributed by atoms with Gasteiger partial charge in [-0.05, 0) is 6.26 Å². The van der Waals surface area contributed by atoms with Gasteiger partial charge in [0.15, 0.2) is 0 Å². The Morgan fingerprint density at radius 3 is 2.86 bits per heavy atom. The fourth-order valence-electron chi connectivity index (χ4n) is 1.50. The molecule has 2 atom stereocenters. The van der Waals surface area contributed by atoms with E-state index < -0.39 is 11.9 Å². The summed E-state index contributed by atoms with van der Waals surface area (Å²) in [5.41, 5.74) is 0. The Morgan fingerprint density at radius 1 is 1.79 bits per heavy atom. The summed E-state index contributed by atoms with van der Waals surface area (Å²) < 4.78 is 0. The largest absolute Gasteiger partial charge is 0.481 e. The first kappa shape index (κ1) is 11.4. The van der Waals surface area contributed by atoms with E-state index in [0.717, 1.165) is 0 Å². The Morgan fingerprint density at radius 2 is 2.43 bits per heavy atom. The molecule has 0 spiro atoms. The van der Waals surface area contributed by atoms with E-state index in [1.807, 2.05) is 13.2 Å². The van der Waals surface area contributed by atoms with Crippen LogP contribution in [0.1, 0.15) is 13.3 Å². The van der Waals surface area contributed by atoms with Gasteiger partial charge in [0.05, 0.1) is 5.92 Å². The van der Waals surface area contributed by atoms with Crippen LogP contribution < -0.4 is 0 Å². The highest BCUT2D eigenvalue weighted by Crippen LogP contribution is 2.19. The van der Waals surface area contributed by atoms with Crippen molar-refractivity contribution in [3.8, 4) is 0 Å². The maximum Gasteiger partial charge on any atom is 0.308 e. The van der Waals surface area contributed by atoms with Crippen LogP contribution in [0, 0.1) is 5.92 Å². The van der Waals surface area contributed by atoms with Gasteiger partial charge in [0.2, 0.25) is 5.91 Å². The second-order valence-corrected chi connectivity index (χ2v) is 4.86. The van der Waals surface area contributed by atoms with Crippen molar-refractivity contribution in [2.45, 2.75) is 18.6 Å². The van der Waals surface area contributed by atoms with Gasteiger partial charge in [-0.1, -0.05) is 6.92 Å². The smallest absolute Gasteiger partial charge is 0.308 e. The molecule has 1 aliphatic rings. The third-order valence-corrected chi connectivity index (χ3v) is 3.40. The number of carboxylic acid groups (broad SMARTS) is 1. The first-order valence-electron chi connectivity index (χ1n) is 4.58. The normalized spacial score (nSPS) is 24.0. The van der Waals surface area contributed by atoms with Crippen molar-refractivity contribution in [1.29, 1.82) is 0 Å². The second-order valence-electron chi connectivity index (χ2n) is 3.58. The van der Waals surface area contributed by atoms with Crippen molar-refractivity contribution in [2.75, 3.05) is 19.3 Å². The standard InChI is InChI=1S/C9H15NO3S/c1-6(14-2)4-10-5-7(9(12)13)3-8(10)11/h6-7H,3-5H2,1-2H3,(H,12,13). The number of thioether (sulfide) groups is 1. The van der Waals surface area contributed by atoms with E-state index in [9.17, 15) is 9.59 Å². The van der Waals surface area contributed by atoms with Crippen LogP contribution in [0.25, 0.3) is 0 Å². The van der Waals surface area contributed by atoms with E-state index in [4.69, 9.17) is 5.11 Å². The summed E-state index contributed by atoms with van der Waals surface area (Å²) in [4.78, 5) is 23.7. The molecule has 1 rings (SSSR count). The van der Waals surface area contributed by atoms with Crippen molar-refractivity contribution in [2.24, 2.45) is 5.92 Å². The Hall–Kier alpha value is -0.710. The summed E-state index contributed by atoms with van der Waals surface area (Å²) in [6.45, 7) is 3.06. The minimum atomic E-state index is -0.863. The summed E-state index contributed by atoms with van der Waals surface area (Å²) in [5, 5.41) is 9.12. The average molecular weight is 217 g/mol. The van der Waals surface area contributed by atoms with Gasteiger partial charge in [0.25, 0.3) is 0 Å². The lowest BCUT2D eigenvalue weighted by atomic mass is 10.1. The fourth-order valence-corrected chi connectivity index (χ4v) is 1.83. The van der Waals surface area contributed by atoms with Gasteiger partial charge in [-0.3, -0.25) is 9.59 Å². The van der Waals surface area contributed by atoms with Crippen LogP contribution in [0.4, 0.5) is 0 Å². The maximum atomic E-state index is 11.4. The zero-order chi connectivity index (χ0) is 10.7. The molecule has 80 valence electrons. The predicted octanol–water partition coefficient (Wildman–Crippen LogP) is 0.671. The number of carbonyl (C=O) groups excluding carboxylic acids is 1. The molecule has 1 N–H and O–H groups in total. The highest BCUT2D eigenvalue weighted by atomic mass is 32.2. The summed E-state index contributed by atoms with van der Waals surface area (Å²) in [6.07, 6.45) is 2.15. The number of likely N-dealkylation sites (tertiary alicyclic amines) is 1.